The van der Waals surface area contributed by atoms with Gasteiger partial charge in [-0.05, 0) is 36.2 Å². The van der Waals surface area contributed by atoms with Crippen LogP contribution < -0.4 is 5.73 Å². The maximum Gasteiger partial charge on any atom is 0.270 e. The van der Waals surface area contributed by atoms with E-state index < -0.39 is 16.8 Å². The van der Waals surface area contributed by atoms with Gasteiger partial charge in [0, 0.05) is 22.2 Å². The molecule has 0 saturated heterocycles. The number of hydrogen-bond acceptors (Lipinski definition) is 3. The van der Waals surface area contributed by atoms with Gasteiger partial charge in [-0.1, -0.05) is 22.0 Å². The first kappa shape index (κ1) is 14.6. The summed E-state index contributed by atoms with van der Waals surface area (Å²) in [6.45, 7) is 1.74. The molecule has 20 heavy (non-hydrogen) atoms. The van der Waals surface area contributed by atoms with E-state index in [0.29, 0.717) is 21.2 Å². The van der Waals surface area contributed by atoms with Crippen LogP contribution >= 0.6 is 15.9 Å². The number of nitro groups is 1. The van der Waals surface area contributed by atoms with E-state index in [2.05, 4.69) is 15.9 Å². The van der Waals surface area contributed by atoms with Crippen LogP contribution in [0.4, 0.5) is 10.1 Å². The quantitative estimate of drug-likeness (QED) is 0.682. The van der Waals surface area contributed by atoms with Crippen molar-refractivity contribution < 1.29 is 9.31 Å². The first-order chi connectivity index (χ1) is 9.38. The number of halogens is 2. The standard InChI is InChI=1S/C14H12BrFN2O2/c1-8-4-9(6-11(5-8)18(19)20)14(17)12-7-10(15)2-3-13(12)16/h2-7,14H,17H2,1H3. The molecule has 2 rings (SSSR count). The Morgan fingerprint density at radius 2 is 2.00 bits per heavy atom. The van der Waals surface area contributed by atoms with E-state index in [0.717, 1.165) is 0 Å². The largest absolute Gasteiger partial charge is 0.320 e. The second kappa shape index (κ2) is 5.68. The van der Waals surface area contributed by atoms with Crippen LogP contribution in [0.3, 0.4) is 0 Å². The lowest BCUT2D eigenvalue weighted by Crippen LogP contribution is -2.14. The van der Waals surface area contributed by atoms with Crippen molar-refractivity contribution in [2.45, 2.75) is 13.0 Å². The molecule has 1 atom stereocenters. The Balaban J connectivity index is 2.50. The van der Waals surface area contributed by atoms with Gasteiger partial charge < -0.3 is 5.73 Å². The number of nitro benzene ring substituents is 1. The van der Waals surface area contributed by atoms with Crippen molar-refractivity contribution in [2.75, 3.05) is 0 Å². The van der Waals surface area contributed by atoms with Crippen LogP contribution in [0, 0.1) is 22.9 Å². The van der Waals surface area contributed by atoms with Gasteiger partial charge >= 0.3 is 0 Å². The molecule has 0 radical (unpaired) electrons. The summed E-state index contributed by atoms with van der Waals surface area (Å²) in [5.74, 6) is -0.440. The summed E-state index contributed by atoms with van der Waals surface area (Å²) in [6, 6.07) is 8.25. The van der Waals surface area contributed by atoms with Crippen LogP contribution in [0.1, 0.15) is 22.7 Å². The molecule has 0 aliphatic rings. The first-order valence-electron chi connectivity index (χ1n) is 5.85. The average molecular weight is 339 g/mol. The molecule has 0 aliphatic heterocycles. The summed E-state index contributed by atoms with van der Waals surface area (Å²) in [5, 5.41) is 10.9. The third-order valence-corrected chi connectivity index (χ3v) is 3.44. The predicted octanol–water partition coefficient (Wildman–Crippen LogP) is 3.85. The summed E-state index contributed by atoms with van der Waals surface area (Å²) >= 11 is 3.26. The van der Waals surface area contributed by atoms with Crippen LogP contribution in [-0.4, -0.2) is 4.92 Å². The number of aryl methyl sites for hydroxylation is 1. The maximum absolute atomic E-state index is 13.8. The van der Waals surface area contributed by atoms with Crippen LogP contribution in [0.25, 0.3) is 0 Å². The highest BCUT2D eigenvalue weighted by atomic mass is 79.9. The number of rotatable bonds is 3. The average Bonchev–Trinajstić information content (AvgIpc) is 2.40. The molecule has 0 bridgehead atoms. The Bertz CT molecular complexity index is 676. The van der Waals surface area contributed by atoms with Gasteiger partial charge in [0.2, 0.25) is 0 Å². The molecule has 0 amide bonds. The Hall–Kier alpha value is -1.79. The molecule has 2 aromatic rings. The van der Waals surface area contributed by atoms with E-state index in [-0.39, 0.29) is 5.69 Å². The van der Waals surface area contributed by atoms with Gasteiger partial charge in [0.25, 0.3) is 5.69 Å². The van der Waals surface area contributed by atoms with Gasteiger partial charge in [-0.25, -0.2) is 4.39 Å². The number of nitrogens with zero attached hydrogens (tertiary/aromatic N) is 1. The molecule has 0 saturated carbocycles. The minimum Gasteiger partial charge on any atom is -0.320 e. The summed E-state index contributed by atoms with van der Waals surface area (Å²) in [4.78, 5) is 10.4. The fourth-order valence-electron chi connectivity index (χ4n) is 2.01. The Kier molecular flexibility index (Phi) is 4.15. The summed E-state index contributed by atoms with van der Waals surface area (Å²) in [6.07, 6.45) is 0. The van der Waals surface area contributed by atoms with Gasteiger partial charge in [0.15, 0.2) is 0 Å². The van der Waals surface area contributed by atoms with Crippen molar-refractivity contribution in [2.24, 2.45) is 5.73 Å². The van der Waals surface area contributed by atoms with Gasteiger partial charge in [-0.15, -0.1) is 0 Å². The predicted molar refractivity (Wildman–Crippen MR) is 78.0 cm³/mol. The van der Waals surface area contributed by atoms with E-state index in [4.69, 9.17) is 5.73 Å². The second-order valence-corrected chi connectivity index (χ2v) is 5.42. The molecule has 0 fully saturated rings. The third-order valence-electron chi connectivity index (χ3n) is 2.95. The molecule has 0 heterocycles. The molecular weight excluding hydrogens is 327 g/mol. The number of benzene rings is 2. The van der Waals surface area contributed by atoms with Crippen molar-refractivity contribution in [3.05, 3.63) is 73.5 Å². The molecule has 2 aromatic carbocycles. The SMILES string of the molecule is Cc1cc(C(N)c2cc(Br)ccc2F)cc([N+](=O)[O-])c1. The molecule has 1 unspecified atom stereocenters. The van der Waals surface area contributed by atoms with E-state index in [1.807, 2.05) is 0 Å². The second-order valence-electron chi connectivity index (χ2n) is 4.50. The summed E-state index contributed by atoms with van der Waals surface area (Å²) < 4.78 is 14.5. The summed E-state index contributed by atoms with van der Waals surface area (Å²) in [7, 11) is 0. The Labute approximate surface area is 123 Å². The van der Waals surface area contributed by atoms with E-state index in [1.165, 1.54) is 18.2 Å². The zero-order chi connectivity index (χ0) is 14.9. The highest BCUT2D eigenvalue weighted by molar-refractivity contribution is 9.10. The monoisotopic (exact) mass is 338 g/mol. The number of hydrogen-bond donors (Lipinski definition) is 1. The zero-order valence-electron chi connectivity index (χ0n) is 10.6. The molecule has 4 nitrogen and oxygen atoms in total. The highest BCUT2D eigenvalue weighted by Crippen LogP contribution is 2.28. The minimum absolute atomic E-state index is 0.0501. The van der Waals surface area contributed by atoms with Crippen LogP contribution in [0.2, 0.25) is 0 Å². The van der Waals surface area contributed by atoms with Crippen LogP contribution in [-0.2, 0) is 0 Å². The highest BCUT2D eigenvalue weighted by Gasteiger charge is 2.17. The van der Waals surface area contributed by atoms with Gasteiger partial charge in [-0.3, -0.25) is 10.1 Å². The lowest BCUT2D eigenvalue weighted by Gasteiger charge is -2.14. The lowest BCUT2D eigenvalue weighted by atomic mass is 9.97. The molecule has 104 valence electrons. The molecule has 6 heteroatoms. The normalized spacial score (nSPS) is 12.2. The zero-order valence-corrected chi connectivity index (χ0v) is 12.2. The fourth-order valence-corrected chi connectivity index (χ4v) is 2.39. The third kappa shape index (κ3) is 3.02. The van der Waals surface area contributed by atoms with Crippen molar-refractivity contribution >= 4 is 21.6 Å². The Morgan fingerprint density at radius 1 is 1.30 bits per heavy atom. The van der Waals surface area contributed by atoms with Crippen LogP contribution in [0.5, 0.6) is 0 Å². The van der Waals surface area contributed by atoms with E-state index in [1.54, 1.807) is 25.1 Å². The van der Waals surface area contributed by atoms with Crippen molar-refractivity contribution in [3.8, 4) is 0 Å². The fraction of sp³-hybridized carbons (Fsp3) is 0.143. The topological polar surface area (TPSA) is 69.2 Å². The van der Waals surface area contributed by atoms with E-state index in [9.17, 15) is 14.5 Å². The van der Waals surface area contributed by atoms with Crippen molar-refractivity contribution in [1.29, 1.82) is 0 Å². The molecule has 0 aromatic heterocycles. The Morgan fingerprint density at radius 3 is 2.65 bits per heavy atom. The number of nitrogens with two attached hydrogens (primary N) is 1. The van der Waals surface area contributed by atoms with Gasteiger partial charge in [0.05, 0.1) is 11.0 Å². The summed E-state index contributed by atoms with van der Waals surface area (Å²) in [5.41, 5.74) is 7.50. The molecule has 2 N–H and O–H groups in total. The smallest absolute Gasteiger partial charge is 0.270 e. The first-order valence-corrected chi connectivity index (χ1v) is 6.64. The maximum atomic E-state index is 13.8. The minimum atomic E-state index is -0.758. The van der Waals surface area contributed by atoms with Crippen LogP contribution in [0.15, 0.2) is 40.9 Å². The molecular formula is C14H12BrFN2O2. The van der Waals surface area contributed by atoms with E-state index >= 15 is 0 Å². The van der Waals surface area contributed by atoms with Gasteiger partial charge in [0.1, 0.15) is 5.82 Å². The van der Waals surface area contributed by atoms with Crippen molar-refractivity contribution in [1.82, 2.24) is 0 Å². The molecule has 0 aliphatic carbocycles. The van der Waals surface area contributed by atoms with Gasteiger partial charge in [-0.2, -0.15) is 0 Å². The number of non-ortho nitro benzene ring substituents is 1. The van der Waals surface area contributed by atoms with Crippen molar-refractivity contribution in [3.63, 3.8) is 0 Å². The lowest BCUT2D eigenvalue weighted by molar-refractivity contribution is -0.385. The molecule has 0 spiro atoms.